The van der Waals surface area contributed by atoms with Crippen molar-refractivity contribution in [2.45, 2.75) is 6.61 Å². The lowest BCUT2D eigenvalue weighted by Crippen LogP contribution is -1.97. The van der Waals surface area contributed by atoms with E-state index in [9.17, 15) is 0 Å². The summed E-state index contributed by atoms with van der Waals surface area (Å²) in [4.78, 5) is 4.43. The first-order chi connectivity index (χ1) is 10.4. The Balaban J connectivity index is 1.58. The van der Waals surface area contributed by atoms with Crippen LogP contribution in [0.1, 0.15) is 5.56 Å². The van der Waals surface area contributed by atoms with Gasteiger partial charge in [0.15, 0.2) is 11.5 Å². The molecule has 0 amide bonds. The van der Waals surface area contributed by atoms with Crippen LogP contribution in [-0.4, -0.2) is 11.8 Å². The standard InChI is InChI=1S/C17H13NO3/c1-3-12-5-2-8-18-17(12)13(4-1)10-19-14-6-7-15-16(9-14)21-11-20-15/h1-9H,10-11H2. The number of aromatic nitrogens is 1. The summed E-state index contributed by atoms with van der Waals surface area (Å²) in [5.41, 5.74) is 2.03. The molecule has 0 N–H and O–H groups in total. The molecule has 1 aliphatic heterocycles. The number of hydrogen-bond acceptors (Lipinski definition) is 4. The molecule has 0 saturated heterocycles. The fourth-order valence-corrected chi connectivity index (χ4v) is 2.41. The second-order valence-corrected chi connectivity index (χ2v) is 4.80. The summed E-state index contributed by atoms with van der Waals surface area (Å²) in [6.07, 6.45) is 1.80. The minimum atomic E-state index is 0.270. The predicted molar refractivity (Wildman–Crippen MR) is 78.6 cm³/mol. The van der Waals surface area contributed by atoms with E-state index in [1.807, 2.05) is 48.5 Å². The van der Waals surface area contributed by atoms with Gasteiger partial charge in [0.2, 0.25) is 6.79 Å². The molecule has 104 valence electrons. The Morgan fingerprint density at radius 2 is 1.90 bits per heavy atom. The highest BCUT2D eigenvalue weighted by Crippen LogP contribution is 2.35. The predicted octanol–water partition coefficient (Wildman–Crippen LogP) is 3.54. The molecule has 0 fully saturated rings. The third kappa shape index (κ3) is 2.25. The van der Waals surface area contributed by atoms with Gasteiger partial charge < -0.3 is 14.2 Å². The highest BCUT2D eigenvalue weighted by molar-refractivity contribution is 5.81. The van der Waals surface area contributed by atoms with Crippen molar-refractivity contribution in [2.24, 2.45) is 0 Å². The average molecular weight is 279 g/mol. The Morgan fingerprint density at radius 3 is 2.90 bits per heavy atom. The first kappa shape index (κ1) is 12.0. The zero-order chi connectivity index (χ0) is 14.1. The van der Waals surface area contributed by atoms with Crippen LogP contribution >= 0.6 is 0 Å². The maximum absolute atomic E-state index is 5.85. The van der Waals surface area contributed by atoms with E-state index in [1.54, 1.807) is 6.20 Å². The van der Waals surface area contributed by atoms with E-state index in [-0.39, 0.29) is 6.79 Å². The number of ether oxygens (including phenoxy) is 3. The molecular weight excluding hydrogens is 266 g/mol. The van der Waals surface area contributed by atoms with Crippen molar-refractivity contribution in [3.05, 3.63) is 60.3 Å². The SMILES string of the molecule is c1cnc2c(COc3ccc4c(c3)OCO4)cccc2c1. The van der Waals surface area contributed by atoms with E-state index in [0.29, 0.717) is 6.61 Å². The first-order valence-electron chi connectivity index (χ1n) is 6.75. The summed E-state index contributed by atoms with van der Waals surface area (Å²) in [6, 6.07) is 15.7. The molecule has 4 nitrogen and oxygen atoms in total. The number of benzene rings is 2. The lowest BCUT2D eigenvalue weighted by Gasteiger charge is -2.09. The molecule has 0 bridgehead atoms. The van der Waals surface area contributed by atoms with Crippen LogP contribution in [0.2, 0.25) is 0 Å². The third-order valence-corrected chi connectivity index (χ3v) is 3.45. The van der Waals surface area contributed by atoms with E-state index in [0.717, 1.165) is 33.7 Å². The van der Waals surface area contributed by atoms with Gasteiger partial charge in [-0.25, -0.2) is 0 Å². The number of para-hydroxylation sites is 1. The van der Waals surface area contributed by atoms with Crippen LogP contribution in [0.3, 0.4) is 0 Å². The van der Waals surface area contributed by atoms with E-state index in [2.05, 4.69) is 4.98 Å². The number of pyridine rings is 1. The van der Waals surface area contributed by atoms with Gasteiger partial charge >= 0.3 is 0 Å². The minimum absolute atomic E-state index is 0.270. The summed E-state index contributed by atoms with van der Waals surface area (Å²) < 4.78 is 16.5. The molecule has 21 heavy (non-hydrogen) atoms. The van der Waals surface area contributed by atoms with Crippen molar-refractivity contribution in [1.82, 2.24) is 4.98 Å². The van der Waals surface area contributed by atoms with Crippen LogP contribution in [0.25, 0.3) is 10.9 Å². The second kappa shape index (κ2) is 4.98. The van der Waals surface area contributed by atoms with Crippen LogP contribution in [-0.2, 0) is 6.61 Å². The van der Waals surface area contributed by atoms with E-state index < -0.39 is 0 Å². The van der Waals surface area contributed by atoms with Gasteiger partial charge in [-0.05, 0) is 18.2 Å². The lowest BCUT2D eigenvalue weighted by atomic mass is 10.1. The van der Waals surface area contributed by atoms with Crippen molar-refractivity contribution in [3.8, 4) is 17.2 Å². The van der Waals surface area contributed by atoms with Crippen LogP contribution in [0.5, 0.6) is 17.2 Å². The van der Waals surface area contributed by atoms with Crippen LogP contribution in [0.4, 0.5) is 0 Å². The summed E-state index contributed by atoms with van der Waals surface area (Å²) in [5, 5.41) is 1.12. The summed E-state index contributed by atoms with van der Waals surface area (Å²) in [7, 11) is 0. The molecule has 0 spiro atoms. The highest BCUT2D eigenvalue weighted by atomic mass is 16.7. The minimum Gasteiger partial charge on any atom is -0.489 e. The molecule has 0 atom stereocenters. The van der Waals surface area contributed by atoms with Gasteiger partial charge in [-0.2, -0.15) is 0 Å². The lowest BCUT2D eigenvalue weighted by molar-refractivity contribution is 0.173. The molecule has 1 aliphatic rings. The molecular formula is C17H13NO3. The van der Waals surface area contributed by atoms with Crippen LogP contribution in [0.15, 0.2) is 54.7 Å². The molecule has 2 aromatic carbocycles. The Labute approximate surface area is 121 Å². The fourth-order valence-electron chi connectivity index (χ4n) is 2.41. The quantitative estimate of drug-likeness (QED) is 0.735. The van der Waals surface area contributed by atoms with Crippen molar-refractivity contribution >= 4 is 10.9 Å². The molecule has 4 rings (SSSR count). The van der Waals surface area contributed by atoms with Gasteiger partial charge in [0, 0.05) is 23.2 Å². The van der Waals surface area contributed by atoms with Crippen molar-refractivity contribution in [2.75, 3.05) is 6.79 Å². The highest BCUT2D eigenvalue weighted by Gasteiger charge is 2.13. The first-order valence-corrected chi connectivity index (χ1v) is 6.75. The normalized spacial score (nSPS) is 12.6. The summed E-state index contributed by atoms with van der Waals surface area (Å²) in [6.45, 7) is 0.736. The Hall–Kier alpha value is -2.75. The zero-order valence-corrected chi connectivity index (χ0v) is 11.3. The maximum Gasteiger partial charge on any atom is 0.231 e. The zero-order valence-electron chi connectivity index (χ0n) is 11.3. The molecule has 0 saturated carbocycles. The molecule has 0 radical (unpaired) electrons. The Bertz CT molecular complexity index is 796. The Kier molecular flexibility index (Phi) is 2.85. The number of nitrogens with zero attached hydrogens (tertiary/aromatic N) is 1. The number of fused-ring (bicyclic) bond motifs is 2. The second-order valence-electron chi connectivity index (χ2n) is 4.80. The van der Waals surface area contributed by atoms with Crippen molar-refractivity contribution in [1.29, 1.82) is 0 Å². The number of hydrogen-bond donors (Lipinski definition) is 0. The van der Waals surface area contributed by atoms with Gasteiger partial charge in [-0.15, -0.1) is 0 Å². The monoisotopic (exact) mass is 279 g/mol. The van der Waals surface area contributed by atoms with E-state index >= 15 is 0 Å². The van der Waals surface area contributed by atoms with Crippen molar-refractivity contribution in [3.63, 3.8) is 0 Å². The molecule has 2 heterocycles. The molecule has 3 aromatic rings. The van der Waals surface area contributed by atoms with Crippen LogP contribution in [0, 0.1) is 0 Å². The Morgan fingerprint density at radius 1 is 1.00 bits per heavy atom. The fraction of sp³-hybridized carbons (Fsp3) is 0.118. The maximum atomic E-state index is 5.85. The summed E-state index contributed by atoms with van der Waals surface area (Å²) >= 11 is 0. The topological polar surface area (TPSA) is 40.6 Å². The molecule has 0 aliphatic carbocycles. The van der Waals surface area contributed by atoms with Crippen LogP contribution < -0.4 is 14.2 Å². The van der Waals surface area contributed by atoms with Gasteiger partial charge in [0.1, 0.15) is 12.4 Å². The molecule has 0 unspecified atom stereocenters. The molecule has 4 heteroatoms. The van der Waals surface area contributed by atoms with E-state index in [1.165, 1.54) is 0 Å². The van der Waals surface area contributed by atoms with E-state index in [4.69, 9.17) is 14.2 Å². The van der Waals surface area contributed by atoms with Gasteiger partial charge in [-0.1, -0.05) is 24.3 Å². The molecule has 1 aromatic heterocycles. The largest absolute Gasteiger partial charge is 0.489 e. The number of rotatable bonds is 3. The van der Waals surface area contributed by atoms with Gasteiger partial charge in [0.05, 0.1) is 5.52 Å². The summed E-state index contributed by atoms with van der Waals surface area (Å²) in [5.74, 6) is 2.24. The smallest absolute Gasteiger partial charge is 0.231 e. The van der Waals surface area contributed by atoms with Crippen molar-refractivity contribution < 1.29 is 14.2 Å². The van der Waals surface area contributed by atoms with Gasteiger partial charge in [-0.3, -0.25) is 4.98 Å². The van der Waals surface area contributed by atoms with Gasteiger partial charge in [0.25, 0.3) is 0 Å². The third-order valence-electron chi connectivity index (χ3n) is 3.45. The average Bonchev–Trinajstić information content (AvgIpc) is 3.00.